The van der Waals surface area contributed by atoms with Gasteiger partial charge in [-0.3, -0.25) is 4.79 Å². The van der Waals surface area contributed by atoms with E-state index in [0.29, 0.717) is 11.3 Å². The van der Waals surface area contributed by atoms with Crippen LogP contribution in [0.3, 0.4) is 0 Å². The second kappa shape index (κ2) is 4.79. The Bertz CT molecular complexity index is 559. The van der Waals surface area contributed by atoms with Gasteiger partial charge < -0.3 is 13.9 Å². The van der Waals surface area contributed by atoms with Crippen molar-refractivity contribution in [3.63, 3.8) is 0 Å². The molecule has 0 fully saturated rings. The summed E-state index contributed by atoms with van der Waals surface area (Å²) in [6.45, 7) is 1.67. The van der Waals surface area contributed by atoms with Crippen LogP contribution in [0.15, 0.2) is 26.8 Å². The fourth-order valence-electron chi connectivity index (χ4n) is 2.28. The third-order valence-corrected chi connectivity index (χ3v) is 4.77. The van der Waals surface area contributed by atoms with Crippen molar-refractivity contribution in [1.29, 1.82) is 0 Å². The van der Waals surface area contributed by atoms with Crippen molar-refractivity contribution in [2.75, 3.05) is 14.2 Å². The lowest BCUT2D eigenvalue weighted by atomic mass is 9.90. The van der Waals surface area contributed by atoms with Gasteiger partial charge in [-0.25, -0.2) is 0 Å². The van der Waals surface area contributed by atoms with Gasteiger partial charge in [-0.15, -0.1) is 0 Å². The molecule has 104 valence electrons. The molecule has 0 N–H and O–H groups in total. The smallest absolute Gasteiger partial charge is 0.238 e. The van der Waals surface area contributed by atoms with E-state index in [1.165, 1.54) is 20.5 Å². The predicted molar refractivity (Wildman–Crippen MR) is 71.5 cm³/mol. The lowest BCUT2D eigenvalue weighted by Crippen LogP contribution is -2.52. The molecule has 0 bridgehead atoms. The molecule has 0 saturated carbocycles. The van der Waals surface area contributed by atoms with Crippen LogP contribution in [-0.2, 0) is 19.1 Å². The molecule has 19 heavy (non-hydrogen) atoms. The summed E-state index contributed by atoms with van der Waals surface area (Å²) in [5.41, 5.74) is 0.400. The maximum absolute atomic E-state index is 12.4. The number of ketones is 1. The van der Waals surface area contributed by atoms with Crippen LogP contribution in [-0.4, -0.2) is 25.8 Å². The summed E-state index contributed by atoms with van der Waals surface area (Å²) >= 11 is 18.6. The van der Waals surface area contributed by atoms with Gasteiger partial charge >= 0.3 is 0 Å². The number of Topliss-reactive ketones (excluding diaryl/α,β-unsaturated/α-hetero) is 1. The molecule has 0 saturated heterocycles. The molecular formula is C12H11Cl3O4. The Morgan fingerprint density at radius 2 is 1.84 bits per heavy atom. The summed E-state index contributed by atoms with van der Waals surface area (Å²) in [4.78, 5) is 10.7. The van der Waals surface area contributed by atoms with E-state index in [1.807, 2.05) is 0 Å². The van der Waals surface area contributed by atoms with Crippen molar-refractivity contribution in [3.05, 3.63) is 33.7 Å². The number of furan rings is 1. The topological polar surface area (TPSA) is 48.7 Å². The van der Waals surface area contributed by atoms with E-state index in [4.69, 9.17) is 48.7 Å². The van der Waals surface area contributed by atoms with Gasteiger partial charge in [0.25, 0.3) is 0 Å². The molecule has 0 aromatic carbocycles. The van der Waals surface area contributed by atoms with Crippen molar-refractivity contribution in [1.82, 2.24) is 0 Å². The molecule has 0 spiro atoms. The number of ether oxygens (including phenoxy) is 2. The van der Waals surface area contributed by atoms with Crippen molar-refractivity contribution < 1.29 is 18.7 Å². The third kappa shape index (κ3) is 1.64. The van der Waals surface area contributed by atoms with Crippen molar-refractivity contribution in [2.45, 2.75) is 17.6 Å². The Hall–Kier alpha value is -0.520. The number of alkyl halides is 1. The second-order valence-corrected chi connectivity index (χ2v) is 5.35. The quantitative estimate of drug-likeness (QED) is 0.632. The number of hydrogen-bond donors (Lipinski definition) is 0. The second-order valence-electron chi connectivity index (χ2n) is 4.03. The molecule has 1 aromatic heterocycles. The molecule has 0 amide bonds. The van der Waals surface area contributed by atoms with E-state index < -0.39 is 16.4 Å². The largest absolute Gasteiger partial charge is 0.469 e. The fourth-order valence-corrected chi connectivity index (χ4v) is 3.57. The molecule has 1 heterocycles. The minimum atomic E-state index is -1.72. The summed E-state index contributed by atoms with van der Waals surface area (Å²) in [6, 6.07) is 1.56. The number of carbonyl (C=O) groups excluding carboxylic acids is 1. The molecule has 0 aliphatic heterocycles. The predicted octanol–water partition coefficient (Wildman–Crippen LogP) is 3.28. The Balaban J connectivity index is 2.75. The summed E-state index contributed by atoms with van der Waals surface area (Å²) < 4.78 is 15.8. The molecule has 1 aliphatic rings. The highest BCUT2D eigenvalue weighted by Gasteiger charge is 2.67. The average molecular weight is 326 g/mol. The molecule has 0 radical (unpaired) electrons. The maximum atomic E-state index is 12.4. The number of methoxy groups -OCH3 is 2. The Labute approximate surface area is 125 Å². The molecule has 1 atom stereocenters. The van der Waals surface area contributed by atoms with Crippen LogP contribution in [0.1, 0.15) is 11.3 Å². The maximum Gasteiger partial charge on any atom is 0.238 e. The SMILES string of the molecule is COC1(OC)C(Cl)=C(Cl)C(=O)C1(Cl)c1ccoc1C. The summed E-state index contributed by atoms with van der Waals surface area (Å²) in [5, 5.41) is -0.291. The van der Waals surface area contributed by atoms with E-state index in [9.17, 15) is 4.79 Å². The first-order chi connectivity index (χ1) is 8.86. The van der Waals surface area contributed by atoms with Crippen LogP contribution in [0.4, 0.5) is 0 Å². The van der Waals surface area contributed by atoms with E-state index in [0.717, 1.165) is 0 Å². The molecule has 1 aliphatic carbocycles. The van der Waals surface area contributed by atoms with Crippen LogP contribution < -0.4 is 0 Å². The van der Waals surface area contributed by atoms with Gasteiger partial charge in [0.15, 0.2) is 4.87 Å². The minimum Gasteiger partial charge on any atom is -0.469 e. The number of carbonyl (C=O) groups is 1. The van der Waals surface area contributed by atoms with Crippen LogP contribution in [0.25, 0.3) is 0 Å². The average Bonchev–Trinajstić information content (AvgIpc) is 2.89. The zero-order chi connectivity index (χ0) is 14.4. The lowest BCUT2D eigenvalue weighted by molar-refractivity contribution is -0.194. The van der Waals surface area contributed by atoms with E-state index in [1.54, 1.807) is 13.0 Å². The molecule has 1 unspecified atom stereocenters. The zero-order valence-corrected chi connectivity index (χ0v) is 12.7. The first-order valence-corrected chi connectivity index (χ1v) is 6.44. The number of hydrogen-bond acceptors (Lipinski definition) is 4. The highest BCUT2D eigenvalue weighted by atomic mass is 35.5. The molecule has 4 nitrogen and oxygen atoms in total. The molecular weight excluding hydrogens is 314 g/mol. The fraction of sp³-hybridized carbons (Fsp3) is 0.417. The summed E-state index contributed by atoms with van der Waals surface area (Å²) in [7, 11) is 2.67. The van der Waals surface area contributed by atoms with Crippen LogP contribution in [0.5, 0.6) is 0 Å². The van der Waals surface area contributed by atoms with Crippen molar-refractivity contribution in [3.8, 4) is 0 Å². The minimum absolute atomic E-state index is 0.0835. The van der Waals surface area contributed by atoms with Gasteiger partial charge in [0.1, 0.15) is 15.8 Å². The van der Waals surface area contributed by atoms with Crippen LogP contribution in [0, 0.1) is 6.92 Å². The van der Waals surface area contributed by atoms with E-state index in [-0.39, 0.29) is 10.1 Å². The van der Waals surface area contributed by atoms with E-state index in [2.05, 4.69) is 0 Å². The number of allylic oxidation sites excluding steroid dienone is 1. The summed E-state index contributed by atoms with van der Waals surface area (Å²) in [5.74, 6) is -1.81. The number of rotatable bonds is 3. The first kappa shape index (κ1) is 14.9. The van der Waals surface area contributed by atoms with Crippen molar-refractivity contribution >= 4 is 40.6 Å². The first-order valence-electron chi connectivity index (χ1n) is 5.31. The zero-order valence-electron chi connectivity index (χ0n) is 10.4. The highest BCUT2D eigenvalue weighted by Crippen LogP contribution is 2.57. The Kier molecular flexibility index (Phi) is 3.75. The Morgan fingerprint density at radius 1 is 1.26 bits per heavy atom. The normalized spacial score (nSPS) is 26.3. The molecule has 7 heteroatoms. The van der Waals surface area contributed by atoms with Crippen molar-refractivity contribution in [2.24, 2.45) is 0 Å². The monoisotopic (exact) mass is 324 g/mol. The van der Waals surface area contributed by atoms with Gasteiger partial charge in [-0.05, 0) is 13.0 Å². The van der Waals surface area contributed by atoms with Crippen LogP contribution in [0.2, 0.25) is 0 Å². The van der Waals surface area contributed by atoms with Gasteiger partial charge in [0, 0.05) is 19.8 Å². The van der Waals surface area contributed by atoms with Crippen LogP contribution >= 0.6 is 34.8 Å². The Morgan fingerprint density at radius 3 is 2.26 bits per heavy atom. The lowest BCUT2D eigenvalue weighted by Gasteiger charge is -2.38. The molecule has 2 rings (SSSR count). The van der Waals surface area contributed by atoms with E-state index >= 15 is 0 Å². The number of halogens is 3. The van der Waals surface area contributed by atoms with Gasteiger partial charge in [0.2, 0.25) is 11.6 Å². The molecule has 1 aromatic rings. The summed E-state index contributed by atoms with van der Waals surface area (Å²) in [6.07, 6.45) is 1.41. The standard InChI is InChI=1S/C12H11Cl3O4/c1-6-7(4-5-19-6)11(15)10(16)8(13)9(14)12(11,17-2)18-3/h4-5H,1-3H3. The van der Waals surface area contributed by atoms with Gasteiger partial charge in [-0.1, -0.05) is 34.8 Å². The number of aryl methyl sites for hydroxylation is 1. The van der Waals surface area contributed by atoms with Gasteiger partial charge in [0.05, 0.1) is 6.26 Å². The highest BCUT2D eigenvalue weighted by molar-refractivity contribution is 6.57. The van der Waals surface area contributed by atoms with Gasteiger partial charge in [-0.2, -0.15) is 0 Å². The third-order valence-electron chi connectivity index (χ3n) is 3.25.